The van der Waals surface area contributed by atoms with Crippen LogP contribution in [0.1, 0.15) is 26.7 Å². The van der Waals surface area contributed by atoms with Gasteiger partial charge in [-0.25, -0.2) is 0 Å². The maximum atomic E-state index is 11.6. The van der Waals surface area contributed by atoms with Crippen molar-refractivity contribution >= 4 is 5.97 Å². The summed E-state index contributed by atoms with van der Waals surface area (Å²) in [7, 11) is 1.70. The summed E-state index contributed by atoms with van der Waals surface area (Å²) in [6, 6.07) is 0. The second kappa shape index (κ2) is 5.21. The molecule has 0 aromatic carbocycles. The van der Waals surface area contributed by atoms with Crippen molar-refractivity contribution in [3.05, 3.63) is 12.4 Å². The van der Waals surface area contributed by atoms with Crippen molar-refractivity contribution in [2.24, 2.45) is 5.92 Å². The average Bonchev–Trinajstić information content (AvgIpc) is 3.09. The molecule has 2 rings (SSSR count). The molecule has 106 valence electrons. The molecule has 0 amide bonds. The molecule has 1 saturated carbocycles. The fourth-order valence-electron chi connectivity index (χ4n) is 2.36. The molecular weight excluding hydrogens is 246 g/mol. The number of carboxylic acid groups (broad SMARTS) is 1. The molecule has 6 nitrogen and oxygen atoms in total. The molecule has 1 aliphatic carbocycles. The van der Waals surface area contributed by atoms with Gasteiger partial charge in [-0.15, -0.1) is 0 Å². The zero-order valence-corrected chi connectivity index (χ0v) is 11.6. The normalized spacial score (nSPS) is 18.3. The van der Waals surface area contributed by atoms with E-state index in [-0.39, 0.29) is 12.0 Å². The molecule has 1 aromatic rings. The number of carbonyl (C=O) groups is 1. The third-order valence-corrected chi connectivity index (χ3v) is 3.49. The first-order valence-electron chi connectivity index (χ1n) is 6.59. The van der Waals surface area contributed by atoms with Gasteiger partial charge in [0.15, 0.2) is 5.75 Å². The van der Waals surface area contributed by atoms with Crippen molar-refractivity contribution in [3.63, 3.8) is 0 Å². The van der Waals surface area contributed by atoms with E-state index in [2.05, 4.69) is 10.4 Å². The number of nitrogens with zero attached hydrogens (tertiary/aromatic N) is 2. The van der Waals surface area contributed by atoms with E-state index < -0.39 is 11.5 Å². The van der Waals surface area contributed by atoms with E-state index in [1.165, 1.54) is 0 Å². The van der Waals surface area contributed by atoms with Crippen LogP contribution in [0.2, 0.25) is 0 Å². The molecule has 1 aromatic heterocycles. The summed E-state index contributed by atoms with van der Waals surface area (Å²) in [5.74, 6) is 0.0224. The van der Waals surface area contributed by atoms with Gasteiger partial charge in [-0.2, -0.15) is 5.10 Å². The molecule has 0 saturated heterocycles. The van der Waals surface area contributed by atoms with Gasteiger partial charge in [-0.05, 0) is 39.7 Å². The number of aromatic nitrogens is 2. The number of hydrogen-bond donors (Lipinski definition) is 2. The molecular formula is C13H21N3O3. The van der Waals surface area contributed by atoms with Gasteiger partial charge >= 0.3 is 5.97 Å². The highest BCUT2D eigenvalue weighted by molar-refractivity contribution is 5.79. The third-order valence-electron chi connectivity index (χ3n) is 3.49. The monoisotopic (exact) mass is 267 g/mol. The highest BCUT2D eigenvalue weighted by Gasteiger charge is 2.50. The summed E-state index contributed by atoms with van der Waals surface area (Å²) in [5.41, 5.74) is -0.929. The minimum absolute atomic E-state index is 0.0783. The van der Waals surface area contributed by atoms with E-state index in [0.29, 0.717) is 12.3 Å². The lowest BCUT2D eigenvalue weighted by Crippen LogP contribution is -2.55. The van der Waals surface area contributed by atoms with E-state index >= 15 is 0 Å². The molecule has 1 heterocycles. The fourth-order valence-corrected chi connectivity index (χ4v) is 2.36. The smallest absolute Gasteiger partial charge is 0.326 e. The van der Waals surface area contributed by atoms with Gasteiger partial charge in [0.1, 0.15) is 5.54 Å². The standard InChI is InChI=1S/C13H21N3O3/c1-9(2)19-11-6-15-16(7-11)8-13(14-3,12(17)18)10-4-5-10/h6-7,9-10,14H,4-5,8H2,1-3H3,(H,17,18). The second-order valence-electron chi connectivity index (χ2n) is 5.34. The minimum atomic E-state index is -0.929. The number of likely N-dealkylation sites (N-methyl/N-ethyl adjacent to an activating group) is 1. The first-order valence-corrected chi connectivity index (χ1v) is 6.59. The molecule has 0 bridgehead atoms. The first-order chi connectivity index (χ1) is 8.98. The molecule has 1 atom stereocenters. The van der Waals surface area contributed by atoms with Crippen LogP contribution in [-0.4, -0.2) is 39.5 Å². The van der Waals surface area contributed by atoms with Gasteiger partial charge in [0.2, 0.25) is 0 Å². The maximum Gasteiger partial charge on any atom is 0.326 e. The van der Waals surface area contributed by atoms with Crippen molar-refractivity contribution in [2.45, 2.75) is 44.9 Å². The van der Waals surface area contributed by atoms with Crippen LogP contribution in [0.15, 0.2) is 12.4 Å². The lowest BCUT2D eigenvalue weighted by Gasteiger charge is -2.28. The zero-order valence-electron chi connectivity index (χ0n) is 11.6. The molecule has 0 radical (unpaired) electrons. The number of rotatable bonds is 7. The molecule has 6 heteroatoms. The van der Waals surface area contributed by atoms with E-state index in [1.807, 2.05) is 13.8 Å². The van der Waals surface area contributed by atoms with E-state index in [4.69, 9.17) is 4.74 Å². The van der Waals surface area contributed by atoms with Crippen molar-refractivity contribution in [3.8, 4) is 5.75 Å². The molecule has 1 aliphatic rings. The number of aliphatic carboxylic acids is 1. The lowest BCUT2D eigenvalue weighted by molar-refractivity contribution is -0.146. The summed E-state index contributed by atoms with van der Waals surface area (Å²) < 4.78 is 7.17. The largest absolute Gasteiger partial charge is 0.488 e. The Hall–Kier alpha value is -1.56. The van der Waals surface area contributed by atoms with Gasteiger partial charge in [0, 0.05) is 0 Å². The van der Waals surface area contributed by atoms with Crippen LogP contribution in [0.3, 0.4) is 0 Å². The summed E-state index contributed by atoms with van der Waals surface area (Å²) in [6.45, 7) is 4.19. The Balaban J connectivity index is 2.13. The minimum Gasteiger partial charge on any atom is -0.488 e. The summed E-state index contributed by atoms with van der Waals surface area (Å²) in [4.78, 5) is 11.6. The first kappa shape index (κ1) is 13.9. The molecule has 2 N–H and O–H groups in total. The summed E-state index contributed by atoms with van der Waals surface area (Å²) in [6.07, 6.45) is 5.34. The van der Waals surface area contributed by atoms with Crippen LogP contribution in [0.4, 0.5) is 0 Å². The average molecular weight is 267 g/mol. The van der Waals surface area contributed by atoms with Gasteiger partial charge < -0.3 is 15.2 Å². The van der Waals surface area contributed by atoms with Gasteiger partial charge in [-0.1, -0.05) is 0 Å². The molecule has 19 heavy (non-hydrogen) atoms. The number of carboxylic acids is 1. The topological polar surface area (TPSA) is 76.4 Å². The number of hydrogen-bond acceptors (Lipinski definition) is 4. The van der Waals surface area contributed by atoms with E-state index in [9.17, 15) is 9.90 Å². The summed E-state index contributed by atoms with van der Waals surface area (Å²) >= 11 is 0. The molecule has 0 spiro atoms. The quantitative estimate of drug-likeness (QED) is 0.774. The van der Waals surface area contributed by atoms with Crippen molar-refractivity contribution in [2.75, 3.05) is 7.05 Å². The van der Waals surface area contributed by atoms with E-state index in [0.717, 1.165) is 12.8 Å². The van der Waals surface area contributed by atoms with Gasteiger partial charge in [0.05, 0.1) is 25.0 Å². The SMILES string of the molecule is CNC(Cn1cc(OC(C)C)cn1)(C(=O)O)C1CC1. The van der Waals surface area contributed by atoms with Gasteiger partial charge in [0.25, 0.3) is 0 Å². The Labute approximate surface area is 112 Å². The van der Waals surface area contributed by atoms with Crippen LogP contribution >= 0.6 is 0 Å². The van der Waals surface area contributed by atoms with Crippen molar-refractivity contribution < 1.29 is 14.6 Å². The third kappa shape index (κ3) is 2.89. The predicted octanol–water partition coefficient (Wildman–Crippen LogP) is 1.12. The van der Waals surface area contributed by atoms with Gasteiger partial charge in [-0.3, -0.25) is 9.48 Å². The van der Waals surface area contributed by atoms with Crippen LogP contribution in [0.5, 0.6) is 5.75 Å². The maximum absolute atomic E-state index is 11.6. The fraction of sp³-hybridized carbons (Fsp3) is 0.692. The number of ether oxygens (including phenoxy) is 1. The second-order valence-corrected chi connectivity index (χ2v) is 5.34. The summed E-state index contributed by atoms with van der Waals surface area (Å²) in [5, 5.41) is 16.7. The molecule has 1 unspecified atom stereocenters. The van der Waals surface area contributed by atoms with E-state index in [1.54, 1.807) is 24.1 Å². The van der Waals surface area contributed by atoms with Crippen molar-refractivity contribution in [1.82, 2.24) is 15.1 Å². The molecule has 1 fully saturated rings. The van der Waals surface area contributed by atoms with Crippen LogP contribution < -0.4 is 10.1 Å². The zero-order chi connectivity index (χ0) is 14.0. The number of nitrogens with one attached hydrogen (secondary N) is 1. The Kier molecular flexibility index (Phi) is 3.80. The Morgan fingerprint density at radius 2 is 2.37 bits per heavy atom. The van der Waals surface area contributed by atoms with Crippen LogP contribution in [0.25, 0.3) is 0 Å². The Morgan fingerprint density at radius 3 is 2.84 bits per heavy atom. The predicted molar refractivity (Wildman–Crippen MR) is 70.1 cm³/mol. The van der Waals surface area contributed by atoms with Crippen LogP contribution in [-0.2, 0) is 11.3 Å². The Morgan fingerprint density at radius 1 is 1.68 bits per heavy atom. The highest BCUT2D eigenvalue weighted by Crippen LogP contribution is 2.40. The van der Waals surface area contributed by atoms with Crippen LogP contribution in [0, 0.1) is 5.92 Å². The highest BCUT2D eigenvalue weighted by atomic mass is 16.5. The molecule has 0 aliphatic heterocycles. The van der Waals surface area contributed by atoms with Crippen molar-refractivity contribution in [1.29, 1.82) is 0 Å². The lowest BCUT2D eigenvalue weighted by atomic mass is 9.93. The Bertz CT molecular complexity index is 454.